The van der Waals surface area contributed by atoms with Crippen LogP contribution < -0.4 is 0 Å². The van der Waals surface area contributed by atoms with Crippen molar-refractivity contribution in [2.45, 2.75) is 51.0 Å². The lowest BCUT2D eigenvalue weighted by atomic mass is 9.80. The first kappa shape index (κ1) is 14.6. The van der Waals surface area contributed by atoms with Crippen molar-refractivity contribution < 1.29 is 18.3 Å². The van der Waals surface area contributed by atoms with Crippen LogP contribution in [0.3, 0.4) is 0 Å². The van der Waals surface area contributed by atoms with Gasteiger partial charge >= 0.3 is 0 Å². The highest BCUT2D eigenvalue weighted by Gasteiger charge is 2.42. The van der Waals surface area contributed by atoms with Gasteiger partial charge < -0.3 is 4.74 Å². The van der Waals surface area contributed by atoms with Gasteiger partial charge in [-0.15, -0.1) is 0 Å². The Labute approximate surface area is 123 Å². The van der Waals surface area contributed by atoms with E-state index in [1.54, 1.807) is 6.92 Å². The Bertz CT molecular complexity index is 562. The summed E-state index contributed by atoms with van der Waals surface area (Å²) in [6.07, 6.45) is 5.53. The number of Topliss-reactive ketones (excluding diaryl/α,β-unsaturated/α-hetero) is 1. The van der Waals surface area contributed by atoms with Crippen LogP contribution in [0.4, 0.5) is 8.78 Å². The molecule has 114 valence electrons. The molecular formula is C17H20F2O2. The molecule has 21 heavy (non-hydrogen) atoms. The first-order valence-corrected chi connectivity index (χ1v) is 7.65. The summed E-state index contributed by atoms with van der Waals surface area (Å²) in [6, 6.07) is 2.15. The van der Waals surface area contributed by atoms with Gasteiger partial charge in [-0.3, -0.25) is 4.79 Å². The minimum atomic E-state index is -0.755. The van der Waals surface area contributed by atoms with E-state index in [0.717, 1.165) is 31.7 Å². The molecule has 1 heterocycles. The van der Waals surface area contributed by atoms with Gasteiger partial charge in [0.25, 0.3) is 0 Å². The minimum absolute atomic E-state index is 0.0222. The highest BCUT2D eigenvalue weighted by atomic mass is 19.1. The van der Waals surface area contributed by atoms with Gasteiger partial charge in [0.05, 0.1) is 11.2 Å². The fraction of sp³-hybridized carbons (Fsp3) is 0.588. The fourth-order valence-corrected chi connectivity index (χ4v) is 3.69. The standard InChI is InChI=1S/C17H20F2O2/c1-11-8-13(15(19)9-14(11)18)16(20)12-4-7-21-17(10-12)5-2-3-6-17/h8-9,12H,2-7,10H2,1H3. The summed E-state index contributed by atoms with van der Waals surface area (Å²) < 4.78 is 33.2. The average molecular weight is 294 g/mol. The number of aryl methyl sites for hydroxylation is 1. The van der Waals surface area contributed by atoms with E-state index in [1.807, 2.05) is 0 Å². The second-order valence-corrected chi connectivity index (χ2v) is 6.37. The van der Waals surface area contributed by atoms with Crippen LogP contribution in [-0.4, -0.2) is 18.0 Å². The van der Waals surface area contributed by atoms with Gasteiger partial charge in [-0.05, 0) is 44.2 Å². The summed E-state index contributed by atoms with van der Waals surface area (Å²) in [4.78, 5) is 12.6. The van der Waals surface area contributed by atoms with Crippen LogP contribution in [0.1, 0.15) is 54.4 Å². The van der Waals surface area contributed by atoms with Crippen LogP contribution in [0, 0.1) is 24.5 Å². The SMILES string of the molecule is Cc1cc(C(=O)C2CCOC3(CCCC3)C2)c(F)cc1F. The van der Waals surface area contributed by atoms with Crippen LogP contribution in [0.15, 0.2) is 12.1 Å². The Morgan fingerprint density at radius 2 is 1.95 bits per heavy atom. The third kappa shape index (κ3) is 2.73. The van der Waals surface area contributed by atoms with E-state index >= 15 is 0 Å². The fourth-order valence-electron chi connectivity index (χ4n) is 3.69. The number of rotatable bonds is 2. The van der Waals surface area contributed by atoms with Gasteiger partial charge in [-0.1, -0.05) is 12.8 Å². The molecule has 3 rings (SSSR count). The van der Waals surface area contributed by atoms with Crippen molar-refractivity contribution in [2.75, 3.05) is 6.61 Å². The molecule has 1 spiro atoms. The molecule has 1 saturated carbocycles. The Hall–Kier alpha value is -1.29. The van der Waals surface area contributed by atoms with Gasteiger partial charge in [0.2, 0.25) is 0 Å². The number of hydrogen-bond donors (Lipinski definition) is 0. The summed E-state index contributed by atoms with van der Waals surface area (Å²) >= 11 is 0. The van der Waals surface area contributed by atoms with Crippen molar-refractivity contribution in [1.82, 2.24) is 0 Å². The Morgan fingerprint density at radius 1 is 1.24 bits per heavy atom. The third-order valence-corrected chi connectivity index (χ3v) is 4.89. The molecule has 0 bridgehead atoms. The third-order valence-electron chi connectivity index (χ3n) is 4.89. The van der Waals surface area contributed by atoms with Crippen LogP contribution in [0.5, 0.6) is 0 Å². The van der Waals surface area contributed by atoms with E-state index in [1.165, 1.54) is 6.07 Å². The molecule has 1 aromatic carbocycles. The number of hydrogen-bond acceptors (Lipinski definition) is 2. The van der Waals surface area contributed by atoms with Gasteiger partial charge in [0.15, 0.2) is 5.78 Å². The van der Waals surface area contributed by atoms with Crippen LogP contribution in [0.2, 0.25) is 0 Å². The van der Waals surface area contributed by atoms with Crippen molar-refractivity contribution in [2.24, 2.45) is 5.92 Å². The quantitative estimate of drug-likeness (QED) is 0.764. The number of carbonyl (C=O) groups excluding carboxylic acids is 1. The molecule has 1 aliphatic heterocycles. The molecule has 2 aliphatic rings. The maximum absolute atomic E-state index is 13.9. The monoisotopic (exact) mass is 294 g/mol. The van der Waals surface area contributed by atoms with Crippen LogP contribution in [0.25, 0.3) is 0 Å². The van der Waals surface area contributed by atoms with E-state index in [0.29, 0.717) is 25.0 Å². The van der Waals surface area contributed by atoms with Gasteiger partial charge in [0, 0.05) is 18.6 Å². The number of benzene rings is 1. The van der Waals surface area contributed by atoms with Crippen molar-refractivity contribution in [1.29, 1.82) is 0 Å². The molecule has 1 aliphatic carbocycles. The maximum atomic E-state index is 13.9. The van der Waals surface area contributed by atoms with E-state index in [9.17, 15) is 13.6 Å². The normalized spacial score (nSPS) is 24.4. The van der Waals surface area contributed by atoms with E-state index in [4.69, 9.17) is 4.74 Å². The molecule has 0 N–H and O–H groups in total. The average Bonchev–Trinajstić information content (AvgIpc) is 2.90. The van der Waals surface area contributed by atoms with E-state index in [-0.39, 0.29) is 22.9 Å². The summed E-state index contributed by atoms with van der Waals surface area (Å²) in [5.41, 5.74) is 0.153. The highest BCUT2D eigenvalue weighted by molar-refractivity contribution is 5.98. The lowest BCUT2D eigenvalue weighted by molar-refractivity contribution is -0.0866. The number of halogens is 2. The predicted molar refractivity (Wildman–Crippen MR) is 75.3 cm³/mol. The minimum Gasteiger partial charge on any atom is -0.375 e. The maximum Gasteiger partial charge on any atom is 0.169 e. The zero-order valence-electron chi connectivity index (χ0n) is 12.3. The Morgan fingerprint density at radius 3 is 2.67 bits per heavy atom. The molecule has 1 saturated heterocycles. The van der Waals surface area contributed by atoms with E-state index < -0.39 is 11.6 Å². The van der Waals surface area contributed by atoms with Crippen molar-refractivity contribution in [3.05, 3.63) is 34.9 Å². The zero-order chi connectivity index (χ0) is 15.0. The first-order chi connectivity index (χ1) is 10.0. The lowest BCUT2D eigenvalue weighted by Gasteiger charge is -2.37. The summed E-state index contributed by atoms with van der Waals surface area (Å²) in [5.74, 6) is -1.78. The van der Waals surface area contributed by atoms with Crippen LogP contribution >= 0.6 is 0 Å². The number of ketones is 1. The molecule has 1 atom stereocenters. The van der Waals surface area contributed by atoms with Gasteiger partial charge in [-0.25, -0.2) is 8.78 Å². The Balaban J connectivity index is 1.83. The van der Waals surface area contributed by atoms with Gasteiger partial charge in [-0.2, -0.15) is 0 Å². The zero-order valence-corrected chi connectivity index (χ0v) is 12.3. The topological polar surface area (TPSA) is 26.3 Å². The molecule has 2 fully saturated rings. The number of carbonyl (C=O) groups is 1. The molecular weight excluding hydrogens is 274 g/mol. The molecule has 1 unspecified atom stereocenters. The van der Waals surface area contributed by atoms with Crippen molar-refractivity contribution in [3.63, 3.8) is 0 Å². The molecule has 0 amide bonds. The highest BCUT2D eigenvalue weighted by Crippen LogP contribution is 2.42. The second kappa shape index (κ2) is 5.48. The van der Waals surface area contributed by atoms with Gasteiger partial charge in [0.1, 0.15) is 11.6 Å². The number of ether oxygens (including phenoxy) is 1. The second-order valence-electron chi connectivity index (χ2n) is 6.37. The lowest BCUT2D eigenvalue weighted by Crippen LogP contribution is -2.40. The predicted octanol–water partition coefficient (Wildman–Crippen LogP) is 4.20. The molecule has 2 nitrogen and oxygen atoms in total. The summed E-state index contributed by atoms with van der Waals surface area (Å²) in [5, 5.41) is 0. The molecule has 1 aromatic rings. The van der Waals surface area contributed by atoms with Crippen LogP contribution in [-0.2, 0) is 4.74 Å². The largest absolute Gasteiger partial charge is 0.375 e. The first-order valence-electron chi connectivity index (χ1n) is 7.65. The van der Waals surface area contributed by atoms with Crippen molar-refractivity contribution >= 4 is 5.78 Å². The molecule has 0 aromatic heterocycles. The molecule has 0 radical (unpaired) electrons. The smallest absolute Gasteiger partial charge is 0.169 e. The van der Waals surface area contributed by atoms with Crippen molar-refractivity contribution in [3.8, 4) is 0 Å². The molecule has 4 heteroatoms. The Kier molecular flexibility index (Phi) is 3.82. The summed E-state index contributed by atoms with van der Waals surface area (Å²) in [7, 11) is 0. The summed E-state index contributed by atoms with van der Waals surface area (Å²) in [6.45, 7) is 2.10. The van der Waals surface area contributed by atoms with E-state index in [2.05, 4.69) is 0 Å².